The zero-order valence-corrected chi connectivity index (χ0v) is 14.5. The fraction of sp³-hybridized carbons (Fsp3) is 0.368. The Morgan fingerprint density at radius 2 is 2.00 bits per heavy atom. The molecule has 24 heavy (non-hydrogen) atoms. The normalized spacial score (nSPS) is 18.8. The molecule has 1 aromatic carbocycles. The average Bonchev–Trinajstić information content (AvgIpc) is 3.28. The van der Waals surface area contributed by atoms with Crippen molar-refractivity contribution in [2.24, 2.45) is 0 Å². The quantitative estimate of drug-likeness (QED) is 0.710. The molecular weight excluding hydrogens is 316 g/mol. The number of piperidine rings is 1. The molecule has 1 aliphatic heterocycles. The van der Waals surface area contributed by atoms with Gasteiger partial charge >= 0.3 is 0 Å². The number of rotatable bonds is 5. The van der Waals surface area contributed by atoms with Crippen molar-refractivity contribution in [2.45, 2.75) is 31.8 Å². The summed E-state index contributed by atoms with van der Waals surface area (Å²) in [7, 11) is 0. The molecule has 3 heterocycles. The molecule has 4 rings (SSSR count). The lowest BCUT2D eigenvalue weighted by molar-refractivity contribution is 0.195. The van der Waals surface area contributed by atoms with Crippen molar-refractivity contribution in [2.75, 3.05) is 13.1 Å². The zero-order chi connectivity index (χ0) is 16.2. The molecule has 0 saturated carbocycles. The number of likely N-dealkylation sites (tertiary alicyclic amines) is 1. The molecule has 124 valence electrons. The van der Waals surface area contributed by atoms with Gasteiger partial charge in [-0.25, -0.2) is 0 Å². The van der Waals surface area contributed by atoms with Crippen molar-refractivity contribution in [3.05, 3.63) is 70.4 Å². The highest BCUT2D eigenvalue weighted by Crippen LogP contribution is 2.27. The second-order valence-electron chi connectivity index (χ2n) is 6.51. The monoisotopic (exact) mass is 338 g/mol. The number of hydrogen-bond acceptors (Lipinski definition) is 4. The number of thiophene rings is 1. The van der Waals surface area contributed by atoms with Crippen LogP contribution in [0.25, 0.3) is 0 Å². The standard InChI is InChI=1S/C19H22N4S/c1-2-5-16(6-3-1)12-23-15-20-21-19(23)18-7-4-9-22(13-18)11-17-8-10-24-14-17/h1-3,5-6,8,10,14-15,18H,4,7,9,11-13H2/t18-/m0/s1. The molecule has 0 N–H and O–H groups in total. The molecule has 0 unspecified atom stereocenters. The SMILES string of the molecule is c1ccc(Cn2cnnc2[C@H]2CCCN(Cc3ccsc3)C2)cc1. The topological polar surface area (TPSA) is 34.0 Å². The van der Waals surface area contributed by atoms with Crippen LogP contribution in [0.1, 0.15) is 35.7 Å². The average molecular weight is 338 g/mol. The van der Waals surface area contributed by atoms with Crippen LogP contribution in [-0.4, -0.2) is 32.8 Å². The highest BCUT2D eigenvalue weighted by atomic mass is 32.1. The van der Waals surface area contributed by atoms with Crippen LogP contribution in [0, 0.1) is 0 Å². The van der Waals surface area contributed by atoms with Gasteiger partial charge in [0.25, 0.3) is 0 Å². The van der Waals surface area contributed by atoms with Gasteiger partial charge in [0.1, 0.15) is 12.2 Å². The largest absolute Gasteiger partial charge is 0.313 e. The van der Waals surface area contributed by atoms with Crippen molar-refractivity contribution >= 4 is 11.3 Å². The third kappa shape index (κ3) is 3.57. The molecule has 1 atom stereocenters. The van der Waals surface area contributed by atoms with Gasteiger partial charge in [-0.3, -0.25) is 4.90 Å². The molecule has 2 aromatic heterocycles. The van der Waals surface area contributed by atoms with E-state index in [1.54, 1.807) is 11.3 Å². The molecule has 0 spiro atoms. The van der Waals surface area contributed by atoms with Crippen LogP contribution in [-0.2, 0) is 13.1 Å². The predicted molar refractivity (Wildman–Crippen MR) is 97.1 cm³/mol. The van der Waals surface area contributed by atoms with E-state index in [4.69, 9.17) is 0 Å². The highest BCUT2D eigenvalue weighted by molar-refractivity contribution is 7.07. The van der Waals surface area contributed by atoms with Gasteiger partial charge in [0.2, 0.25) is 0 Å². The maximum absolute atomic E-state index is 4.46. The van der Waals surface area contributed by atoms with Crippen molar-refractivity contribution in [1.29, 1.82) is 0 Å². The Kier molecular flexibility index (Phi) is 4.71. The van der Waals surface area contributed by atoms with Gasteiger partial charge in [0, 0.05) is 19.0 Å². The fourth-order valence-electron chi connectivity index (χ4n) is 3.53. The van der Waals surface area contributed by atoms with Crippen LogP contribution >= 0.6 is 11.3 Å². The second kappa shape index (κ2) is 7.28. The molecule has 0 bridgehead atoms. The van der Waals surface area contributed by atoms with Gasteiger partial charge < -0.3 is 4.57 Å². The van der Waals surface area contributed by atoms with Gasteiger partial charge in [0.05, 0.1) is 6.54 Å². The molecule has 5 heteroatoms. The number of nitrogens with zero attached hydrogens (tertiary/aromatic N) is 4. The molecular formula is C19H22N4S. The zero-order valence-electron chi connectivity index (χ0n) is 13.7. The highest BCUT2D eigenvalue weighted by Gasteiger charge is 2.25. The summed E-state index contributed by atoms with van der Waals surface area (Å²) in [5, 5.41) is 13.1. The Morgan fingerprint density at radius 3 is 2.83 bits per heavy atom. The van der Waals surface area contributed by atoms with Gasteiger partial charge in [-0.2, -0.15) is 11.3 Å². The van der Waals surface area contributed by atoms with E-state index in [-0.39, 0.29) is 0 Å². The van der Waals surface area contributed by atoms with Crippen LogP contribution in [0.3, 0.4) is 0 Å². The molecule has 1 aliphatic rings. The van der Waals surface area contributed by atoms with Gasteiger partial charge in [-0.15, -0.1) is 10.2 Å². The third-order valence-corrected chi connectivity index (χ3v) is 5.43. The smallest absolute Gasteiger partial charge is 0.137 e. The van der Waals surface area contributed by atoms with Gasteiger partial charge in [-0.05, 0) is 47.3 Å². The molecule has 1 fully saturated rings. The summed E-state index contributed by atoms with van der Waals surface area (Å²) in [5.41, 5.74) is 2.72. The van der Waals surface area contributed by atoms with E-state index in [0.717, 1.165) is 25.5 Å². The maximum Gasteiger partial charge on any atom is 0.137 e. The van der Waals surface area contributed by atoms with E-state index >= 15 is 0 Å². The van der Waals surface area contributed by atoms with Crippen molar-refractivity contribution < 1.29 is 0 Å². The van der Waals surface area contributed by atoms with E-state index in [1.807, 2.05) is 6.33 Å². The van der Waals surface area contributed by atoms with Crippen molar-refractivity contribution in [3.8, 4) is 0 Å². The predicted octanol–water partition coefficient (Wildman–Crippen LogP) is 3.77. The molecule has 4 nitrogen and oxygen atoms in total. The first-order valence-corrected chi connectivity index (χ1v) is 9.48. The van der Waals surface area contributed by atoms with E-state index in [2.05, 4.69) is 66.8 Å². The summed E-state index contributed by atoms with van der Waals surface area (Å²) >= 11 is 1.78. The first-order chi connectivity index (χ1) is 11.9. The summed E-state index contributed by atoms with van der Waals surface area (Å²) in [6.07, 6.45) is 4.31. The number of hydrogen-bond donors (Lipinski definition) is 0. The fourth-order valence-corrected chi connectivity index (χ4v) is 4.19. The minimum Gasteiger partial charge on any atom is -0.313 e. The summed E-state index contributed by atoms with van der Waals surface area (Å²) in [6, 6.07) is 12.8. The number of aromatic nitrogens is 3. The van der Waals surface area contributed by atoms with Crippen LogP contribution in [0.15, 0.2) is 53.5 Å². The molecule has 0 aliphatic carbocycles. The Labute approximate surface area is 146 Å². The second-order valence-corrected chi connectivity index (χ2v) is 7.29. The van der Waals surface area contributed by atoms with E-state index < -0.39 is 0 Å². The molecule has 3 aromatic rings. The Balaban J connectivity index is 1.46. The van der Waals surface area contributed by atoms with Crippen molar-refractivity contribution in [1.82, 2.24) is 19.7 Å². The summed E-state index contributed by atoms with van der Waals surface area (Å²) in [5.74, 6) is 1.61. The Hall–Kier alpha value is -1.98. The van der Waals surface area contributed by atoms with E-state index in [0.29, 0.717) is 5.92 Å². The maximum atomic E-state index is 4.46. The molecule has 1 saturated heterocycles. The van der Waals surface area contributed by atoms with E-state index in [9.17, 15) is 0 Å². The summed E-state index contributed by atoms with van der Waals surface area (Å²) in [6.45, 7) is 4.15. The Morgan fingerprint density at radius 1 is 1.08 bits per heavy atom. The first kappa shape index (κ1) is 15.5. The van der Waals surface area contributed by atoms with Gasteiger partial charge in [-0.1, -0.05) is 30.3 Å². The van der Waals surface area contributed by atoms with Crippen molar-refractivity contribution in [3.63, 3.8) is 0 Å². The lowest BCUT2D eigenvalue weighted by Crippen LogP contribution is -2.34. The van der Waals surface area contributed by atoms with Gasteiger partial charge in [0.15, 0.2) is 0 Å². The number of benzene rings is 1. The van der Waals surface area contributed by atoms with Crippen LogP contribution in [0.4, 0.5) is 0 Å². The first-order valence-electron chi connectivity index (χ1n) is 8.53. The van der Waals surface area contributed by atoms with Crippen LogP contribution in [0.2, 0.25) is 0 Å². The minimum absolute atomic E-state index is 0.476. The summed E-state index contributed by atoms with van der Waals surface area (Å²) in [4.78, 5) is 2.55. The Bertz CT molecular complexity index is 751. The van der Waals surface area contributed by atoms with E-state index in [1.165, 1.54) is 30.5 Å². The molecule has 0 amide bonds. The minimum atomic E-state index is 0.476. The lowest BCUT2D eigenvalue weighted by Gasteiger charge is -2.32. The molecule has 0 radical (unpaired) electrons. The summed E-state index contributed by atoms with van der Waals surface area (Å²) < 4.78 is 2.22. The van der Waals surface area contributed by atoms with Crippen LogP contribution in [0.5, 0.6) is 0 Å². The van der Waals surface area contributed by atoms with Crippen LogP contribution < -0.4 is 0 Å². The third-order valence-electron chi connectivity index (χ3n) is 4.70. The lowest BCUT2D eigenvalue weighted by atomic mass is 9.96.